The maximum atomic E-state index is 14.8. The number of carboxylic acid groups (broad SMARTS) is 1. The maximum Gasteiger partial charge on any atom is 0.341 e. The molecular formula is C61H102N6O17. The Morgan fingerprint density at radius 3 is 2.19 bits per heavy atom. The lowest BCUT2D eigenvalue weighted by Crippen LogP contribution is -2.61. The summed E-state index contributed by atoms with van der Waals surface area (Å²) in [6.07, 6.45) is -7.49. The molecule has 1 aromatic carbocycles. The van der Waals surface area contributed by atoms with Gasteiger partial charge in [0.25, 0.3) is 0 Å². The molecule has 0 spiro atoms. The first-order valence-corrected chi connectivity index (χ1v) is 30.1. The minimum absolute atomic E-state index is 0.0142. The molecule has 5 rings (SSSR count). The molecule has 0 amide bonds. The van der Waals surface area contributed by atoms with Gasteiger partial charge in [0.05, 0.1) is 59.7 Å². The average molecular weight is 1190 g/mol. The molecule has 3 aliphatic heterocycles. The third-order valence-electron chi connectivity index (χ3n) is 17.7. The molecule has 18 atom stereocenters. The van der Waals surface area contributed by atoms with Gasteiger partial charge in [0.1, 0.15) is 35.6 Å². The summed E-state index contributed by atoms with van der Waals surface area (Å²) in [5.74, 6) is -6.10. The van der Waals surface area contributed by atoms with E-state index in [2.05, 4.69) is 29.2 Å². The minimum atomic E-state index is -2.00. The number of nitrogens with one attached hydrogen (secondary N) is 1. The van der Waals surface area contributed by atoms with Crippen molar-refractivity contribution in [3.8, 4) is 0 Å². The number of aliphatic hydroxyl groups is 4. The van der Waals surface area contributed by atoms with Crippen molar-refractivity contribution in [2.24, 2.45) is 28.8 Å². The number of hydrogen-bond donors (Lipinski definition) is 6. The number of benzene rings is 1. The van der Waals surface area contributed by atoms with E-state index in [0.717, 1.165) is 18.7 Å². The third-order valence-corrected chi connectivity index (χ3v) is 17.7. The first-order valence-electron chi connectivity index (χ1n) is 30.1. The van der Waals surface area contributed by atoms with E-state index in [9.17, 15) is 44.7 Å². The predicted molar refractivity (Wildman–Crippen MR) is 317 cm³/mol. The highest BCUT2D eigenvalue weighted by Gasteiger charge is 2.54. The summed E-state index contributed by atoms with van der Waals surface area (Å²) in [6, 6.07) is 5.07. The number of esters is 2. The summed E-state index contributed by atoms with van der Waals surface area (Å²) in [7, 11) is 8.74. The van der Waals surface area contributed by atoms with Crippen LogP contribution in [0.5, 0.6) is 0 Å². The Bertz CT molecular complexity index is 2560. The van der Waals surface area contributed by atoms with Gasteiger partial charge in [-0.1, -0.05) is 52.8 Å². The predicted octanol–water partition coefficient (Wildman–Crippen LogP) is 4.31. The SMILES string of the molecule is CC[C@H]1OC(=O)[C@H](C)[C@@H](O[C@H]2C[C@@](C)(OC)[C@@H](OC(=O)CCNCCCc3ccc4c(c3)c(=O)c(C(=O)O)cn4N(C)C)[C@H](C)O2)[C@H](C)[C@@H](O[C@@H]2O[C@H](C)C[C@H](N(C)C)[C@H]2O)[C@](C)(O)C[C@@H](C)/C(=N\OCCN(CC)CC)[C@@H](C)[C@@H](O)[C@]1(C)O. The molecule has 23 heteroatoms. The summed E-state index contributed by atoms with van der Waals surface area (Å²) in [6.45, 7) is 24.5. The molecule has 0 bridgehead atoms. The minimum Gasteiger partial charge on any atom is -0.477 e. The number of aryl methyl sites for hydroxylation is 1. The number of oxime groups is 1. The van der Waals surface area contributed by atoms with Gasteiger partial charge in [-0.15, -0.1) is 0 Å². The number of carboxylic acids is 1. The Morgan fingerprint density at radius 2 is 1.58 bits per heavy atom. The van der Waals surface area contributed by atoms with E-state index in [0.29, 0.717) is 55.5 Å². The lowest BCUT2D eigenvalue weighted by atomic mass is 9.73. The van der Waals surface area contributed by atoms with Crippen molar-refractivity contribution in [3.05, 3.63) is 45.7 Å². The van der Waals surface area contributed by atoms with E-state index in [-0.39, 0.29) is 50.0 Å². The number of aliphatic hydroxyl groups excluding tert-OH is 2. The Kier molecular flexibility index (Phi) is 25.6. The Hall–Kier alpha value is -4.37. The molecule has 3 saturated heterocycles. The Labute approximate surface area is 497 Å². The first kappa shape index (κ1) is 70.4. The quantitative estimate of drug-likeness (QED) is 0.0514. The number of fused-ring (bicyclic) bond motifs is 1. The zero-order chi connectivity index (χ0) is 62.8. The largest absolute Gasteiger partial charge is 0.477 e. The van der Waals surface area contributed by atoms with Crippen molar-refractivity contribution in [1.29, 1.82) is 0 Å². The molecule has 3 fully saturated rings. The number of ether oxygens (including phenoxy) is 7. The number of pyridine rings is 1. The number of rotatable bonds is 23. The molecule has 2 aromatic rings. The Morgan fingerprint density at radius 1 is 0.905 bits per heavy atom. The second kappa shape index (κ2) is 30.5. The number of hydrogen-bond acceptors (Lipinski definition) is 21. The molecule has 0 saturated carbocycles. The topological polar surface area (TPSA) is 282 Å². The number of carbonyl (C=O) groups excluding carboxylic acids is 2. The van der Waals surface area contributed by atoms with Crippen molar-refractivity contribution in [1.82, 2.24) is 19.8 Å². The second-order valence-electron chi connectivity index (χ2n) is 24.7. The third kappa shape index (κ3) is 17.0. The number of aromatic nitrogens is 1. The number of methoxy groups -OCH3 is 1. The molecule has 0 radical (unpaired) electrons. The number of carbonyl (C=O) groups is 3. The van der Waals surface area contributed by atoms with Crippen LogP contribution in [0.1, 0.15) is 138 Å². The first-order chi connectivity index (χ1) is 39.4. The molecule has 6 N–H and O–H groups in total. The van der Waals surface area contributed by atoms with Crippen molar-refractivity contribution < 1.29 is 77.9 Å². The number of cyclic esters (lactones) is 1. The lowest BCUT2D eigenvalue weighted by Gasteiger charge is -2.49. The summed E-state index contributed by atoms with van der Waals surface area (Å²) in [5.41, 5.74) is -4.06. The Balaban J connectivity index is 1.39. The van der Waals surface area contributed by atoms with Crippen LogP contribution < -0.4 is 15.8 Å². The van der Waals surface area contributed by atoms with Crippen LogP contribution in [0.2, 0.25) is 0 Å². The zero-order valence-corrected chi connectivity index (χ0v) is 53.0. The monoisotopic (exact) mass is 1190 g/mol. The number of aromatic carboxylic acids is 1. The van der Waals surface area contributed by atoms with Crippen LogP contribution in [0, 0.1) is 23.7 Å². The fraction of sp³-hybridized carbons (Fsp3) is 0.787. The van der Waals surface area contributed by atoms with Crippen molar-refractivity contribution in [3.63, 3.8) is 0 Å². The highest BCUT2D eigenvalue weighted by molar-refractivity contribution is 5.93. The van der Waals surface area contributed by atoms with Gasteiger partial charge in [0.15, 0.2) is 18.7 Å². The molecular weight excluding hydrogens is 1090 g/mol. The molecule has 0 aliphatic carbocycles. The molecule has 0 unspecified atom stereocenters. The van der Waals surface area contributed by atoms with E-state index < -0.39 is 119 Å². The van der Waals surface area contributed by atoms with Gasteiger partial charge >= 0.3 is 17.9 Å². The maximum absolute atomic E-state index is 14.8. The van der Waals surface area contributed by atoms with E-state index in [4.69, 9.17) is 38.0 Å². The van der Waals surface area contributed by atoms with E-state index in [1.54, 1.807) is 84.4 Å². The van der Waals surface area contributed by atoms with Crippen LogP contribution in [0.4, 0.5) is 0 Å². The van der Waals surface area contributed by atoms with Crippen LogP contribution in [-0.4, -0.2) is 223 Å². The highest BCUT2D eigenvalue weighted by atomic mass is 16.7. The zero-order valence-electron chi connectivity index (χ0n) is 53.0. The smallest absolute Gasteiger partial charge is 0.341 e. The van der Waals surface area contributed by atoms with E-state index in [1.165, 1.54) is 20.2 Å². The van der Waals surface area contributed by atoms with Gasteiger partial charge in [-0.3, -0.25) is 19.1 Å². The standard InChI is InChI=1S/C61H102N6O17/c1-18-46-61(12,76)53(71)37(6)49(63-78-29-28-66(19-2)20-3)35(4)32-59(10,75)54(84-58-51(70)45(64(13)14)30-36(5)79-58)38(7)52(39(8)57(74)81-46)83-48-33-60(11,77-17)55(40(9)80-48)82-47(68)25-27-62-26-21-22-41-23-24-44-42(31-41)50(69)43(56(72)73)34-67(44)65(15)16/h23-24,31,34-40,45-46,48,51-55,58,62,70-71,75-76H,18-22,25-30,32-33H2,1-17H3,(H,72,73)/b63-49+/t35-,36-,37-,38+,39-,40+,45+,46-,48+,51-,52+,53-,54-,55+,58+,59-,60-,61-/m1/s1. The molecule has 23 nitrogen and oxygen atoms in total. The van der Waals surface area contributed by atoms with Crippen molar-refractivity contribution in [2.45, 2.75) is 212 Å². The fourth-order valence-corrected chi connectivity index (χ4v) is 12.6. The number of nitrogens with zero attached hydrogens (tertiary/aromatic N) is 5. The summed E-state index contributed by atoms with van der Waals surface area (Å²) in [5, 5.41) is 68.9. The second-order valence-corrected chi connectivity index (χ2v) is 24.7. The van der Waals surface area contributed by atoms with Crippen molar-refractivity contribution >= 4 is 34.5 Å². The summed E-state index contributed by atoms with van der Waals surface area (Å²) < 4.78 is 46.8. The van der Waals surface area contributed by atoms with Crippen LogP contribution in [0.3, 0.4) is 0 Å². The van der Waals surface area contributed by atoms with E-state index >= 15 is 0 Å². The van der Waals surface area contributed by atoms with Crippen molar-refractivity contribution in [2.75, 3.05) is 79.6 Å². The average Bonchev–Trinajstić information content (AvgIpc) is 2.25. The lowest BCUT2D eigenvalue weighted by molar-refractivity contribution is -0.318. The van der Waals surface area contributed by atoms with Crippen LogP contribution >= 0.6 is 0 Å². The molecule has 84 heavy (non-hydrogen) atoms. The highest BCUT2D eigenvalue weighted by Crippen LogP contribution is 2.42. The van der Waals surface area contributed by atoms with Gasteiger partial charge in [-0.05, 0) is 125 Å². The van der Waals surface area contributed by atoms with Gasteiger partial charge in [-0.2, -0.15) is 0 Å². The molecule has 3 aliphatic rings. The summed E-state index contributed by atoms with van der Waals surface area (Å²) >= 11 is 0. The normalized spacial score (nSPS) is 35.2. The van der Waals surface area contributed by atoms with Crippen LogP contribution in [-0.2, 0) is 54.0 Å². The van der Waals surface area contributed by atoms with Crippen LogP contribution in [0.25, 0.3) is 10.9 Å². The van der Waals surface area contributed by atoms with Gasteiger partial charge in [-0.25, -0.2) is 4.79 Å². The van der Waals surface area contributed by atoms with Gasteiger partial charge in [0, 0.05) is 76.1 Å². The molecule has 4 heterocycles. The van der Waals surface area contributed by atoms with Gasteiger partial charge < -0.3 is 83.7 Å². The van der Waals surface area contributed by atoms with E-state index in [1.807, 2.05) is 38.9 Å². The fourth-order valence-electron chi connectivity index (χ4n) is 12.6. The molecule has 1 aromatic heterocycles. The summed E-state index contributed by atoms with van der Waals surface area (Å²) in [4.78, 5) is 63.3. The molecule has 478 valence electrons. The number of likely N-dealkylation sites (N-methyl/N-ethyl adjacent to an activating group) is 2. The van der Waals surface area contributed by atoms with Crippen LogP contribution in [0.15, 0.2) is 34.3 Å². The van der Waals surface area contributed by atoms with Gasteiger partial charge in [0.2, 0.25) is 5.43 Å².